The lowest BCUT2D eigenvalue weighted by molar-refractivity contribution is 0.668. The molecule has 0 radical (unpaired) electrons. The number of nitrogens with zero attached hydrogens (tertiary/aromatic N) is 2. The Morgan fingerprint density at radius 1 is 0.355 bits per heavy atom. The molecule has 1 aliphatic rings. The van der Waals surface area contributed by atoms with Gasteiger partial charge in [-0.25, -0.2) is 0 Å². The second-order valence-electron chi connectivity index (χ2n) is 15.7. The molecule has 3 nitrogen and oxygen atoms in total. The van der Waals surface area contributed by atoms with E-state index in [1.807, 2.05) is 91.0 Å². The Kier molecular flexibility index (Phi) is 7.23. The highest BCUT2D eigenvalue weighted by molar-refractivity contribution is 6.06. The van der Waals surface area contributed by atoms with Crippen molar-refractivity contribution in [3.8, 4) is 11.1 Å². The molecule has 62 heavy (non-hydrogen) atoms. The summed E-state index contributed by atoms with van der Waals surface area (Å²) in [4.78, 5) is 4.48. The highest BCUT2D eigenvalue weighted by atomic mass is 16.3. The maximum atomic E-state index is 9.75. The average molecular weight is 798 g/mol. The predicted molar refractivity (Wildman–Crippen MR) is 258 cm³/mol. The number of furan rings is 1. The number of benzene rings is 10. The van der Waals surface area contributed by atoms with E-state index < -0.39 is 11.5 Å². The van der Waals surface area contributed by atoms with Crippen LogP contribution in [-0.4, -0.2) is 0 Å². The minimum absolute atomic E-state index is 0.184. The van der Waals surface area contributed by atoms with Crippen LogP contribution in [0.25, 0.3) is 43.8 Å². The van der Waals surface area contributed by atoms with Gasteiger partial charge in [0.1, 0.15) is 11.2 Å². The summed E-state index contributed by atoms with van der Waals surface area (Å²) >= 11 is 0. The number of fused-ring (bicyclic) bond motifs is 7. The third-order valence-electron chi connectivity index (χ3n) is 12.3. The first-order valence-electron chi connectivity index (χ1n) is 23.3. The number of hydrogen-bond donors (Lipinski definition) is 0. The van der Waals surface area contributed by atoms with Gasteiger partial charge in [0.2, 0.25) is 0 Å². The molecule has 1 atom stereocenters. The molecule has 0 saturated heterocycles. The second kappa shape index (κ2) is 14.5. The maximum absolute atomic E-state index is 9.75. The molecule has 3 heteroatoms. The molecule has 292 valence electrons. The topological polar surface area (TPSA) is 19.6 Å². The summed E-state index contributed by atoms with van der Waals surface area (Å²) in [5.41, 5.74) is 10.0. The van der Waals surface area contributed by atoms with E-state index in [0.29, 0.717) is 5.58 Å². The lowest BCUT2D eigenvalue weighted by Crippen LogP contribution is -2.28. The van der Waals surface area contributed by atoms with Gasteiger partial charge in [-0.3, -0.25) is 0 Å². The summed E-state index contributed by atoms with van der Waals surface area (Å²) in [6, 6.07) is 70.7. The van der Waals surface area contributed by atoms with Crippen molar-refractivity contribution in [2.24, 2.45) is 0 Å². The molecule has 11 aromatic rings. The van der Waals surface area contributed by atoms with Gasteiger partial charge >= 0.3 is 0 Å². The molecular formula is C59H40N2O. The summed E-state index contributed by atoms with van der Waals surface area (Å²) in [6.45, 7) is 0. The van der Waals surface area contributed by atoms with Gasteiger partial charge in [0.15, 0.2) is 0 Å². The van der Waals surface area contributed by atoms with Crippen molar-refractivity contribution in [3.63, 3.8) is 0 Å². The lowest BCUT2D eigenvalue weighted by atomic mass is 9.67. The number of rotatable bonds is 8. The van der Waals surface area contributed by atoms with Crippen molar-refractivity contribution in [2.75, 3.05) is 9.80 Å². The van der Waals surface area contributed by atoms with Crippen LogP contribution >= 0.6 is 0 Å². The molecule has 0 bridgehead atoms. The lowest BCUT2D eigenvalue weighted by Gasteiger charge is -2.34. The first-order valence-corrected chi connectivity index (χ1v) is 20.8. The van der Waals surface area contributed by atoms with Crippen LogP contribution in [0.4, 0.5) is 34.1 Å². The summed E-state index contributed by atoms with van der Waals surface area (Å²) < 4.78 is 52.8. The van der Waals surface area contributed by atoms with E-state index >= 15 is 0 Å². The van der Waals surface area contributed by atoms with Crippen LogP contribution < -0.4 is 9.80 Å². The monoisotopic (exact) mass is 797 g/mol. The first kappa shape index (κ1) is 30.8. The van der Waals surface area contributed by atoms with Gasteiger partial charge in [0, 0.05) is 44.9 Å². The standard InChI is InChI=1S/C59H40N2O/c1-5-19-43(20-6-1)59(44-30-36-58-54(38-44)51-27-15-16-28-57(51)62-58)55-34-32-49(60(45-21-7-2-8-22-45)46-23-9-3-10-24-46)39-52(55)53-40-50(33-35-56(53)59)61(47-25-11-4-12-26-47)48-31-29-41-17-13-14-18-42(41)37-48/h1-40H/i1D,5D,6D,19D,20D. The van der Waals surface area contributed by atoms with Gasteiger partial charge < -0.3 is 14.2 Å². The Morgan fingerprint density at radius 2 is 0.855 bits per heavy atom. The maximum Gasteiger partial charge on any atom is 0.135 e. The Morgan fingerprint density at radius 3 is 1.48 bits per heavy atom. The quantitative estimate of drug-likeness (QED) is 0.153. The van der Waals surface area contributed by atoms with E-state index in [2.05, 4.69) is 131 Å². The molecule has 1 aromatic heterocycles. The van der Waals surface area contributed by atoms with Gasteiger partial charge in [0.05, 0.1) is 12.3 Å². The van der Waals surface area contributed by atoms with Crippen LogP contribution in [-0.2, 0) is 5.41 Å². The van der Waals surface area contributed by atoms with E-state index in [-0.39, 0.29) is 29.7 Å². The SMILES string of the molecule is [2H]c1c([2H])c([2H])c(C2(c3ccc4oc5ccccc5c4c3)c3ccc(N(c4ccccc4)c4ccccc4)cc3-c3cc(N(c4ccccc4)c4ccc5ccccc5c4)ccc32)c([2H])c1[2H]. The van der Waals surface area contributed by atoms with E-state index in [1.54, 1.807) is 0 Å². The molecule has 1 unspecified atom stereocenters. The van der Waals surface area contributed by atoms with Crippen molar-refractivity contribution < 1.29 is 11.3 Å². The largest absolute Gasteiger partial charge is 0.456 e. The Balaban J connectivity index is 1.20. The zero-order chi connectivity index (χ0) is 45.4. The van der Waals surface area contributed by atoms with Crippen molar-refractivity contribution >= 4 is 66.8 Å². The smallest absolute Gasteiger partial charge is 0.135 e. The highest BCUT2D eigenvalue weighted by Gasteiger charge is 2.47. The van der Waals surface area contributed by atoms with Crippen LogP contribution in [0.5, 0.6) is 0 Å². The van der Waals surface area contributed by atoms with Crippen molar-refractivity contribution in [3.05, 3.63) is 265 Å². The molecule has 0 saturated carbocycles. The third kappa shape index (κ3) is 5.67. The summed E-state index contributed by atoms with van der Waals surface area (Å²) in [7, 11) is 0. The van der Waals surface area contributed by atoms with Crippen LogP contribution in [0, 0.1) is 0 Å². The van der Waals surface area contributed by atoms with E-state index in [1.165, 1.54) is 0 Å². The summed E-state index contributed by atoms with van der Waals surface area (Å²) in [6.07, 6.45) is 0. The Labute approximate surface area is 368 Å². The molecule has 0 aliphatic heterocycles. The molecule has 12 rings (SSSR count). The molecule has 0 amide bonds. The molecule has 1 heterocycles. The van der Waals surface area contributed by atoms with Gasteiger partial charge in [-0.1, -0.05) is 152 Å². The average Bonchev–Trinajstić information content (AvgIpc) is 3.89. The van der Waals surface area contributed by atoms with E-state index in [9.17, 15) is 2.74 Å². The molecule has 0 fully saturated rings. The zero-order valence-corrected chi connectivity index (χ0v) is 33.5. The Hall–Kier alpha value is -8.14. The minimum Gasteiger partial charge on any atom is -0.456 e. The third-order valence-corrected chi connectivity index (χ3v) is 12.3. The van der Waals surface area contributed by atoms with Gasteiger partial charge in [-0.2, -0.15) is 0 Å². The van der Waals surface area contributed by atoms with Gasteiger partial charge in [-0.05, 0) is 135 Å². The fourth-order valence-corrected chi connectivity index (χ4v) is 9.65. The van der Waals surface area contributed by atoms with E-state index in [4.69, 9.17) is 8.53 Å². The first-order chi connectivity index (χ1) is 32.8. The van der Waals surface area contributed by atoms with Crippen LogP contribution in [0.1, 0.15) is 29.1 Å². The number of para-hydroxylation sites is 4. The number of hydrogen-bond acceptors (Lipinski definition) is 3. The van der Waals surface area contributed by atoms with Crippen molar-refractivity contribution in [1.29, 1.82) is 0 Å². The molecular weight excluding hydrogens is 753 g/mol. The van der Waals surface area contributed by atoms with Crippen molar-refractivity contribution in [2.45, 2.75) is 5.41 Å². The van der Waals surface area contributed by atoms with E-state index in [0.717, 1.165) is 89.1 Å². The van der Waals surface area contributed by atoms with Gasteiger partial charge in [-0.15, -0.1) is 0 Å². The molecule has 0 spiro atoms. The summed E-state index contributed by atoms with van der Waals surface area (Å²) in [5.74, 6) is 0. The minimum atomic E-state index is -1.38. The predicted octanol–water partition coefficient (Wildman–Crippen LogP) is 16.0. The van der Waals surface area contributed by atoms with Gasteiger partial charge in [0.25, 0.3) is 0 Å². The molecule has 10 aromatic carbocycles. The molecule has 0 N–H and O–H groups in total. The molecule has 1 aliphatic carbocycles. The fourth-order valence-electron chi connectivity index (χ4n) is 9.65. The van der Waals surface area contributed by atoms with Crippen LogP contribution in [0.15, 0.2) is 247 Å². The summed E-state index contributed by atoms with van der Waals surface area (Å²) in [5, 5.41) is 4.05. The Bertz CT molecular complexity index is 3660. The number of anilines is 6. The van der Waals surface area contributed by atoms with Crippen LogP contribution in [0.3, 0.4) is 0 Å². The fraction of sp³-hybridized carbons (Fsp3) is 0.0169. The highest BCUT2D eigenvalue weighted by Crippen LogP contribution is 2.59. The second-order valence-corrected chi connectivity index (χ2v) is 15.7. The van der Waals surface area contributed by atoms with Crippen molar-refractivity contribution in [1.82, 2.24) is 0 Å². The normalized spacial score (nSPS) is 15.3. The van der Waals surface area contributed by atoms with Crippen LogP contribution in [0.2, 0.25) is 0 Å². The zero-order valence-electron chi connectivity index (χ0n) is 38.5.